The van der Waals surface area contributed by atoms with Crippen LogP contribution in [-0.4, -0.2) is 21.8 Å². The van der Waals surface area contributed by atoms with Crippen LogP contribution in [0.5, 0.6) is 0 Å². The summed E-state index contributed by atoms with van der Waals surface area (Å²) in [7, 11) is 0. The molecule has 0 aliphatic carbocycles. The van der Waals surface area contributed by atoms with Gasteiger partial charge in [-0.25, -0.2) is 4.98 Å². The Bertz CT molecular complexity index is 820. The van der Waals surface area contributed by atoms with Gasteiger partial charge in [-0.05, 0) is 40.2 Å². The van der Waals surface area contributed by atoms with E-state index >= 15 is 0 Å². The molecule has 3 nitrogen and oxygen atoms in total. The highest BCUT2D eigenvalue weighted by molar-refractivity contribution is 9.10. The van der Waals surface area contributed by atoms with Gasteiger partial charge in [0.2, 0.25) is 0 Å². The Balaban J connectivity index is 1.99. The third-order valence-corrected chi connectivity index (χ3v) is 6.57. The zero-order valence-electron chi connectivity index (χ0n) is 11.2. The van der Waals surface area contributed by atoms with Crippen LogP contribution in [0.3, 0.4) is 0 Å². The summed E-state index contributed by atoms with van der Waals surface area (Å²) in [6.45, 7) is 0. The van der Waals surface area contributed by atoms with Gasteiger partial charge in [0.1, 0.15) is 5.01 Å². The van der Waals surface area contributed by atoms with Gasteiger partial charge in [-0.3, -0.25) is 4.79 Å². The van der Waals surface area contributed by atoms with Gasteiger partial charge in [0.15, 0.2) is 0 Å². The second kappa shape index (κ2) is 6.95. The van der Waals surface area contributed by atoms with Gasteiger partial charge in [-0.15, -0.1) is 34.4 Å². The average molecular weight is 412 g/mol. The Kier molecular flexibility index (Phi) is 4.97. The smallest absolute Gasteiger partial charge is 0.313 e. The van der Waals surface area contributed by atoms with E-state index in [1.54, 1.807) is 22.7 Å². The summed E-state index contributed by atoms with van der Waals surface area (Å²) in [4.78, 5) is 17.5. The van der Waals surface area contributed by atoms with Crippen LogP contribution in [0.2, 0.25) is 0 Å². The summed E-state index contributed by atoms with van der Waals surface area (Å²) >= 11 is 7.93. The second-order valence-electron chi connectivity index (χ2n) is 4.35. The van der Waals surface area contributed by atoms with Crippen LogP contribution in [0.1, 0.15) is 9.88 Å². The maximum atomic E-state index is 10.9. The van der Waals surface area contributed by atoms with E-state index in [4.69, 9.17) is 5.11 Å². The van der Waals surface area contributed by atoms with E-state index in [1.807, 2.05) is 41.8 Å². The fourth-order valence-corrected chi connectivity index (χ4v) is 5.10. The number of thiazole rings is 1. The molecule has 7 heteroatoms. The molecule has 2 heterocycles. The number of hydrogen-bond acceptors (Lipinski definition) is 5. The Morgan fingerprint density at radius 3 is 2.91 bits per heavy atom. The molecule has 0 fully saturated rings. The van der Waals surface area contributed by atoms with Gasteiger partial charge in [0, 0.05) is 19.6 Å². The summed E-state index contributed by atoms with van der Waals surface area (Å²) in [5, 5.41) is 11.8. The summed E-state index contributed by atoms with van der Waals surface area (Å²) in [5.74, 6) is -0.807. The first-order valence-corrected chi connectivity index (χ1v) is 9.75. The number of benzene rings is 1. The van der Waals surface area contributed by atoms with Gasteiger partial charge in [-0.2, -0.15) is 0 Å². The zero-order valence-corrected chi connectivity index (χ0v) is 15.2. The van der Waals surface area contributed by atoms with E-state index in [-0.39, 0.29) is 5.75 Å². The number of hydrogen-bond donors (Lipinski definition) is 1. The van der Waals surface area contributed by atoms with Gasteiger partial charge < -0.3 is 5.11 Å². The van der Waals surface area contributed by atoms with Crippen LogP contribution in [0.4, 0.5) is 0 Å². The molecule has 0 saturated heterocycles. The van der Waals surface area contributed by atoms with E-state index in [1.165, 1.54) is 11.8 Å². The molecule has 0 bridgehead atoms. The number of nitrogens with zero attached hydrogens (tertiary/aromatic N) is 1. The van der Waals surface area contributed by atoms with Crippen molar-refractivity contribution in [2.45, 2.75) is 0 Å². The molecule has 3 aromatic rings. The standard InChI is InChI=1S/C15H10BrNO2S3/c16-9-5-10(20-7-9)6-13(21-8-14(18)19)15-17-11-3-1-2-4-12(11)22-15/h1-7H,8H2,(H,18,19)/b13-6-. The lowest BCUT2D eigenvalue weighted by atomic mass is 10.3. The van der Waals surface area contributed by atoms with Crippen molar-refractivity contribution in [1.82, 2.24) is 4.98 Å². The van der Waals surface area contributed by atoms with Gasteiger partial charge in [0.25, 0.3) is 0 Å². The molecular formula is C15H10BrNO2S3. The number of para-hydroxylation sites is 1. The van der Waals surface area contributed by atoms with Crippen molar-refractivity contribution >= 4 is 77.5 Å². The van der Waals surface area contributed by atoms with Gasteiger partial charge in [0.05, 0.1) is 16.0 Å². The minimum atomic E-state index is -0.829. The van der Waals surface area contributed by atoms with Gasteiger partial charge in [-0.1, -0.05) is 12.1 Å². The first-order chi connectivity index (χ1) is 10.6. The number of halogens is 1. The number of thioether (sulfide) groups is 1. The van der Waals surface area contributed by atoms with Crippen LogP contribution in [0.15, 0.2) is 40.2 Å². The molecule has 0 unspecified atom stereocenters. The Morgan fingerprint density at radius 1 is 1.41 bits per heavy atom. The lowest BCUT2D eigenvalue weighted by Crippen LogP contribution is -1.97. The lowest BCUT2D eigenvalue weighted by Gasteiger charge is -2.01. The zero-order chi connectivity index (χ0) is 15.5. The van der Waals surface area contributed by atoms with E-state index in [2.05, 4.69) is 20.9 Å². The molecule has 0 saturated carbocycles. The molecule has 0 atom stereocenters. The summed E-state index contributed by atoms with van der Waals surface area (Å²) in [5.41, 5.74) is 0.941. The summed E-state index contributed by atoms with van der Waals surface area (Å²) in [6.07, 6.45) is 2.00. The quantitative estimate of drug-likeness (QED) is 0.607. The molecule has 0 amide bonds. The largest absolute Gasteiger partial charge is 0.481 e. The number of carboxylic acids is 1. The van der Waals surface area contributed by atoms with Crippen LogP contribution in [-0.2, 0) is 4.79 Å². The molecule has 1 aromatic carbocycles. The predicted octanol–water partition coefficient (Wildman–Crippen LogP) is 5.44. The van der Waals surface area contributed by atoms with Crippen molar-refractivity contribution in [3.05, 3.63) is 50.1 Å². The third-order valence-electron chi connectivity index (χ3n) is 2.72. The molecule has 112 valence electrons. The van der Waals surface area contributed by atoms with Crippen LogP contribution < -0.4 is 0 Å². The van der Waals surface area contributed by atoms with E-state index in [0.29, 0.717) is 0 Å². The number of thiophene rings is 1. The normalized spacial score (nSPS) is 12.0. The molecular weight excluding hydrogens is 402 g/mol. The number of fused-ring (bicyclic) bond motifs is 1. The molecule has 2 aromatic heterocycles. The highest BCUT2D eigenvalue weighted by Crippen LogP contribution is 2.36. The monoisotopic (exact) mass is 411 g/mol. The molecule has 0 spiro atoms. The maximum absolute atomic E-state index is 10.9. The Morgan fingerprint density at radius 2 is 2.23 bits per heavy atom. The van der Waals surface area contributed by atoms with Crippen molar-refractivity contribution in [3.8, 4) is 0 Å². The fraction of sp³-hybridized carbons (Fsp3) is 0.0667. The maximum Gasteiger partial charge on any atom is 0.313 e. The fourth-order valence-electron chi connectivity index (χ4n) is 1.82. The van der Waals surface area contributed by atoms with Gasteiger partial charge >= 0.3 is 5.97 Å². The van der Waals surface area contributed by atoms with Crippen molar-refractivity contribution in [3.63, 3.8) is 0 Å². The first-order valence-electron chi connectivity index (χ1n) is 6.28. The minimum absolute atomic E-state index is 0.0221. The van der Waals surface area contributed by atoms with Crippen molar-refractivity contribution in [1.29, 1.82) is 0 Å². The van der Waals surface area contributed by atoms with E-state index < -0.39 is 5.97 Å². The summed E-state index contributed by atoms with van der Waals surface area (Å²) < 4.78 is 2.13. The van der Waals surface area contributed by atoms with Crippen molar-refractivity contribution in [2.24, 2.45) is 0 Å². The first kappa shape index (κ1) is 15.7. The number of aromatic nitrogens is 1. The lowest BCUT2D eigenvalue weighted by molar-refractivity contribution is -0.133. The molecule has 1 N–H and O–H groups in total. The van der Waals surface area contributed by atoms with Crippen molar-refractivity contribution < 1.29 is 9.90 Å². The van der Waals surface area contributed by atoms with E-state index in [9.17, 15) is 4.79 Å². The van der Waals surface area contributed by atoms with Crippen LogP contribution >= 0.6 is 50.4 Å². The van der Waals surface area contributed by atoms with Crippen molar-refractivity contribution in [2.75, 3.05) is 5.75 Å². The van der Waals surface area contributed by atoms with Crippen LogP contribution in [0.25, 0.3) is 21.2 Å². The van der Waals surface area contributed by atoms with Crippen LogP contribution in [0, 0.1) is 0 Å². The Hall–Kier alpha value is -1.15. The summed E-state index contributed by atoms with van der Waals surface area (Å²) in [6, 6.07) is 9.94. The SMILES string of the molecule is O=C(O)CS/C(=C\c1cc(Br)cs1)c1nc2ccccc2s1. The number of aliphatic carboxylic acids is 1. The molecule has 22 heavy (non-hydrogen) atoms. The highest BCUT2D eigenvalue weighted by Gasteiger charge is 2.12. The highest BCUT2D eigenvalue weighted by atomic mass is 79.9. The molecule has 0 aliphatic heterocycles. The number of carbonyl (C=O) groups is 1. The predicted molar refractivity (Wildman–Crippen MR) is 99.6 cm³/mol. The third kappa shape index (κ3) is 3.78. The Labute approximate surface area is 147 Å². The number of carboxylic acid groups (broad SMARTS) is 1. The van der Waals surface area contributed by atoms with E-state index in [0.717, 1.165) is 29.5 Å². The molecule has 0 radical (unpaired) electrons. The minimum Gasteiger partial charge on any atom is -0.481 e. The number of rotatable bonds is 5. The average Bonchev–Trinajstić information content (AvgIpc) is 3.09. The second-order valence-corrected chi connectivity index (χ2v) is 8.25. The topological polar surface area (TPSA) is 50.2 Å². The molecule has 3 rings (SSSR count). The molecule has 0 aliphatic rings.